The van der Waals surface area contributed by atoms with Crippen LogP contribution in [0, 0.1) is 23.7 Å². The van der Waals surface area contributed by atoms with E-state index < -0.39 is 0 Å². The average molecular weight is 951 g/mol. The molecule has 11 aromatic rings. The molecule has 4 bridgehead atoms. The van der Waals surface area contributed by atoms with Gasteiger partial charge in [-0.05, 0) is 129 Å². The Hall–Kier alpha value is -8.74. The van der Waals surface area contributed by atoms with Crippen molar-refractivity contribution in [3.63, 3.8) is 0 Å². The SMILES string of the molecule is c1ccc(-c2nc(-c3ccccc3)nc(-c3ccc(-c4ccc5c(c4)-c4ccc(-c6cccc7ccccc67)cc4C54C5CC6CC(C5)CC4C6)c(-c4nc(-c5ccccc5)nc(-c5ccccc5)n4)c3)n2)cc1. The highest BCUT2D eigenvalue weighted by Gasteiger charge is 2.61. The minimum atomic E-state index is -0.0150. The summed E-state index contributed by atoms with van der Waals surface area (Å²) >= 11 is 0. The van der Waals surface area contributed by atoms with E-state index in [1.54, 1.807) is 0 Å². The summed E-state index contributed by atoms with van der Waals surface area (Å²) in [6, 6.07) is 77.8. The zero-order valence-corrected chi connectivity index (χ0v) is 40.8. The van der Waals surface area contributed by atoms with Gasteiger partial charge < -0.3 is 0 Å². The third kappa shape index (κ3) is 6.99. The standard InChI is InChI=1S/C68H50N6/c1-5-17-45(18-6-1)62-69-63(46-19-7-2-8-20-46)72-66(71-62)51-29-31-56(59(40-51)67-73-64(47-21-9-3-10-22-47)70-65(74-67)48-23-11-4-12-24-48)49-30-33-60-58(39-49)57-32-28-50(55-27-15-25-44-16-13-14-26-54(44)55)41-61(57)68(60)52-35-42-34-43(37-52)38-53(68)36-42/h1-33,39-43,52-53H,34-38H2. The maximum absolute atomic E-state index is 5.36. The normalized spacial score (nSPS) is 19.9. The Morgan fingerprint density at radius 1 is 0.270 bits per heavy atom. The minimum Gasteiger partial charge on any atom is -0.208 e. The molecule has 9 aromatic carbocycles. The van der Waals surface area contributed by atoms with Gasteiger partial charge in [0.15, 0.2) is 34.9 Å². The van der Waals surface area contributed by atoms with Crippen molar-refractivity contribution in [2.45, 2.75) is 37.5 Å². The predicted octanol–water partition coefficient (Wildman–Crippen LogP) is 16.3. The highest BCUT2D eigenvalue weighted by atomic mass is 15.0. The van der Waals surface area contributed by atoms with Gasteiger partial charge in [0.1, 0.15) is 0 Å². The molecule has 74 heavy (non-hydrogen) atoms. The quantitative estimate of drug-likeness (QED) is 0.151. The molecule has 4 saturated carbocycles. The van der Waals surface area contributed by atoms with Gasteiger partial charge in [0.05, 0.1) is 0 Å². The van der Waals surface area contributed by atoms with Crippen molar-refractivity contribution in [1.29, 1.82) is 0 Å². The zero-order chi connectivity index (χ0) is 48.7. The van der Waals surface area contributed by atoms with Gasteiger partial charge in [-0.15, -0.1) is 0 Å². The molecule has 352 valence electrons. The number of fused-ring (bicyclic) bond motifs is 4. The fourth-order valence-corrected chi connectivity index (χ4v) is 14.0. The number of rotatable bonds is 8. The van der Waals surface area contributed by atoms with Gasteiger partial charge in [-0.1, -0.05) is 200 Å². The van der Waals surface area contributed by atoms with Crippen molar-refractivity contribution in [2.75, 3.05) is 0 Å². The van der Waals surface area contributed by atoms with Crippen LogP contribution >= 0.6 is 0 Å². The Morgan fingerprint density at radius 3 is 1.27 bits per heavy atom. The third-order valence-electron chi connectivity index (χ3n) is 17.0. The lowest BCUT2D eigenvalue weighted by Crippen LogP contribution is -2.55. The fraction of sp³-hybridized carbons (Fsp3) is 0.147. The van der Waals surface area contributed by atoms with Crippen LogP contribution in [0.15, 0.2) is 218 Å². The topological polar surface area (TPSA) is 77.3 Å². The number of hydrogen-bond donors (Lipinski definition) is 0. The number of hydrogen-bond acceptors (Lipinski definition) is 6. The summed E-state index contributed by atoms with van der Waals surface area (Å²) in [5.74, 6) is 6.52. The zero-order valence-electron chi connectivity index (χ0n) is 40.8. The molecule has 0 aliphatic heterocycles. The van der Waals surface area contributed by atoms with Crippen molar-refractivity contribution in [3.05, 3.63) is 230 Å². The van der Waals surface area contributed by atoms with E-state index in [0.717, 1.165) is 56.3 Å². The first-order valence-corrected chi connectivity index (χ1v) is 26.3. The largest absolute Gasteiger partial charge is 0.208 e. The predicted molar refractivity (Wildman–Crippen MR) is 297 cm³/mol. The van der Waals surface area contributed by atoms with Crippen LogP contribution in [0.5, 0.6) is 0 Å². The molecule has 0 saturated heterocycles. The van der Waals surface area contributed by atoms with Gasteiger partial charge >= 0.3 is 0 Å². The molecular formula is C68H50N6. The fourth-order valence-electron chi connectivity index (χ4n) is 14.0. The maximum Gasteiger partial charge on any atom is 0.164 e. The van der Waals surface area contributed by atoms with E-state index in [0.29, 0.717) is 46.8 Å². The van der Waals surface area contributed by atoms with Crippen LogP contribution in [-0.4, -0.2) is 29.9 Å². The second kappa shape index (κ2) is 17.2. The van der Waals surface area contributed by atoms with Gasteiger partial charge in [0.2, 0.25) is 0 Å². The monoisotopic (exact) mass is 950 g/mol. The Balaban J connectivity index is 0.951. The Kier molecular flexibility index (Phi) is 9.97. The van der Waals surface area contributed by atoms with E-state index in [-0.39, 0.29) is 5.41 Å². The molecule has 0 amide bonds. The van der Waals surface area contributed by atoms with Crippen molar-refractivity contribution < 1.29 is 0 Å². The van der Waals surface area contributed by atoms with Gasteiger partial charge in [-0.2, -0.15) is 0 Å². The van der Waals surface area contributed by atoms with E-state index in [1.807, 2.05) is 97.1 Å². The molecule has 2 aromatic heterocycles. The summed E-state index contributed by atoms with van der Waals surface area (Å²) in [6.07, 6.45) is 6.69. The molecule has 4 fully saturated rings. The molecule has 0 atom stereocenters. The van der Waals surface area contributed by atoms with Gasteiger partial charge in [-0.3, -0.25) is 0 Å². The van der Waals surface area contributed by atoms with E-state index >= 15 is 0 Å². The average Bonchev–Trinajstić information content (AvgIpc) is 3.77. The molecule has 0 unspecified atom stereocenters. The maximum atomic E-state index is 5.36. The Labute approximate surface area is 431 Å². The lowest BCUT2D eigenvalue weighted by Gasteiger charge is -2.61. The number of benzene rings is 9. The number of nitrogens with zero attached hydrogens (tertiary/aromatic N) is 6. The summed E-state index contributed by atoms with van der Waals surface area (Å²) in [4.78, 5) is 31.3. The van der Waals surface area contributed by atoms with Crippen LogP contribution in [-0.2, 0) is 5.41 Å². The summed E-state index contributed by atoms with van der Waals surface area (Å²) < 4.78 is 0. The Bertz CT molecular complexity index is 3820. The van der Waals surface area contributed by atoms with Crippen LogP contribution in [0.2, 0.25) is 0 Å². The molecule has 0 N–H and O–H groups in total. The molecule has 1 spiro atoms. The summed E-state index contributed by atoms with van der Waals surface area (Å²) in [5, 5.41) is 2.58. The molecule has 5 aliphatic rings. The van der Waals surface area contributed by atoms with Crippen LogP contribution in [0.4, 0.5) is 0 Å². The first-order chi connectivity index (χ1) is 36.6. The molecule has 5 aliphatic carbocycles. The van der Waals surface area contributed by atoms with Crippen LogP contribution in [0.25, 0.3) is 112 Å². The molecular weight excluding hydrogens is 901 g/mol. The number of aromatic nitrogens is 6. The highest BCUT2D eigenvalue weighted by molar-refractivity contribution is 5.98. The van der Waals surface area contributed by atoms with E-state index in [2.05, 4.69) is 121 Å². The summed E-state index contributed by atoms with van der Waals surface area (Å²) in [7, 11) is 0. The Morgan fingerprint density at radius 2 is 0.703 bits per heavy atom. The van der Waals surface area contributed by atoms with Crippen LogP contribution in [0.3, 0.4) is 0 Å². The summed E-state index contributed by atoms with van der Waals surface area (Å²) in [5.41, 5.74) is 15.9. The second-order valence-electron chi connectivity index (χ2n) is 21.1. The molecule has 6 nitrogen and oxygen atoms in total. The molecule has 2 heterocycles. The lowest BCUT2D eigenvalue weighted by molar-refractivity contribution is -0.0399. The molecule has 0 radical (unpaired) electrons. The van der Waals surface area contributed by atoms with Gasteiger partial charge in [0, 0.05) is 38.8 Å². The minimum absolute atomic E-state index is 0.0150. The molecule has 6 heteroatoms. The smallest absolute Gasteiger partial charge is 0.164 e. The van der Waals surface area contributed by atoms with Crippen LogP contribution in [0.1, 0.15) is 43.2 Å². The van der Waals surface area contributed by atoms with E-state index in [9.17, 15) is 0 Å². The summed E-state index contributed by atoms with van der Waals surface area (Å²) in [6.45, 7) is 0. The third-order valence-corrected chi connectivity index (χ3v) is 17.0. The van der Waals surface area contributed by atoms with Crippen LogP contribution < -0.4 is 0 Å². The lowest BCUT2D eigenvalue weighted by atomic mass is 9.43. The van der Waals surface area contributed by atoms with Crippen molar-refractivity contribution >= 4 is 10.8 Å². The molecule has 16 rings (SSSR count). The van der Waals surface area contributed by atoms with Crippen molar-refractivity contribution in [1.82, 2.24) is 29.9 Å². The van der Waals surface area contributed by atoms with Gasteiger partial charge in [0.25, 0.3) is 0 Å². The van der Waals surface area contributed by atoms with Crippen molar-refractivity contribution in [2.24, 2.45) is 23.7 Å². The second-order valence-corrected chi connectivity index (χ2v) is 21.1. The van der Waals surface area contributed by atoms with E-state index in [4.69, 9.17) is 29.9 Å². The van der Waals surface area contributed by atoms with E-state index in [1.165, 1.54) is 76.3 Å². The first kappa shape index (κ1) is 42.9. The van der Waals surface area contributed by atoms with Gasteiger partial charge in [-0.25, -0.2) is 29.9 Å². The first-order valence-electron chi connectivity index (χ1n) is 26.3. The highest BCUT2D eigenvalue weighted by Crippen LogP contribution is 2.70. The van der Waals surface area contributed by atoms with Crippen molar-refractivity contribution in [3.8, 4) is 102 Å².